The number of nitrogens with one attached hydrogen (secondary N) is 2. The van der Waals surface area contributed by atoms with Gasteiger partial charge in [-0.1, -0.05) is 47.5 Å². The van der Waals surface area contributed by atoms with Crippen LogP contribution in [0.25, 0.3) is 0 Å². The van der Waals surface area contributed by atoms with E-state index in [-0.39, 0.29) is 23.3 Å². The molecule has 1 aromatic heterocycles. The number of hydrogen-bond donors (Lipinski definition) is 2. The molecule has 0 saturated heterocycles. The summed E-state index contributed by atoms with van der Waals surface area (Å²) >= 11 is 12.0. The minimum absolute atomic E-state index is 0.255. The Labute approximate surface area is 160 Å². The van der Waals surface area contributed by atoms with Gasteiger partial charge in [-0.3, -0.25) is 4.79 Å². The van der Waals surface area contributed by atoms with Crippen LogP contribution < -0.4 is 10.6 Å². The molecule has 0 fully saturated rings. The fourth-order valence-electron chi connectivity index (χ4n) is 2.29. The van der Waals surface area contributed by atoms with Crippen molar-refractivity contribution in [3.8, 4) is 0 Å². The van der Waals surface area contributed by atoms with Gasteiger partial charge in [0, 0.05) is 23.9 Å². The maximum absolute atomic E-state index is 13.7. The largest absolute Gasteiger partial charge is 0.366 e. The molecule has 7 heteroatoms. The fourth-order valence-corrected chi connectivity index (χ4v) is 2.64. The predicted molar refractivity (Wildman–Crippen MR) is 102 cm³/mol. The highest BCUT2D eigenvalue weighted by atomic mass is 35.5. The summed E-state index contributed by atoms with van der Waals surface area (Å²) in [4.78, 5) is 16.6. The first kappa shape index (κ1) is 18.2. The molecule has 0 aliphatic heterocycles. The van der Waals surface area contributed by atoms with E-state index in [9.17, 15) is 9.18 Å². The molecule has 0 aliphatic rings. The zero-order valence-electron chi connectivity index (χ0n) is 13.5. The van der Waals surface area contributed by atoms with Crippen molar-refractivity contribution in [3.63, 3.8) is 0 Å². The number of pyridine rings is 1. The van der Waals surface area contributed by atoms with E-state index in [2.05, 4.69) is 15.6 Å². The summed E-state index contributed by atoms with van der Waals surface area (Å²) in [6.45, 7) is 0.255. The molecule has 3 rings (SSSR count). The van der Waals surface area contributed by atoms with Crippen LogP contribution in [0.15, 0.2) is 60.8 Å². The number of amides is 1. The Balaban J connectivity index is 1.71. The number of carbonyl (C=O) groups is 1. The summed E-state index contributed by atoms with van der Waals surface area (Å²) in [5, 5.41) is 6.34. The van der Waals surface area contributed by atoms with Crippen LogP contribution in [0.4, 0.5) is 15.9 Å². The third kappa shape index (κ3) is 4.31. The quantitative estimate of drug-likeness (QED) is 0.614. The number of hydrogen-bond acceptors (Lipinski definition) is 3. The molecule has 1 amide bonds. The summed E-state index contributed by atoms with van der Waals surface area (Å²) < 4.78 is 13.7. The van der Waals surface area contributed by atoms with Crippen LogP contribution >= 0.6 is 23.2 Å². The molecule has 0 atom stereocenters. The third-order valence-electron chi connectivity index (χ3n) is 3.64. The highest BCUT2D eigenvalue weighted by molar-refractivity contribution is 6.44. The molecule has 0 spiro atoms. The van der Waals surface area contributed by atoms with Gasteiger partial charge in [0.15, 0.2) is 0 Å². The second-order valence-electron chi connectivity index (χ2n) is 5.43. The summed E-state index contributed by atoms with van der Waals surface area (Å²) in [5.74, 6) is -0.201. The first-order valence-electron chi connectivity index (χ1n) is 7.73. The molecule has 0 saturated carbocycles. The average Bonchev–Trinajstić information content (AvgIpc) is 2.65. The second-order valence-corrected chi connectivity index (χ2v) is 6.22. The molecule has 1 heterocycles. The molecule has 3 aromatic rings. The maximum atomic E-state index is 13.7. The number of nitrogens with zero attached hydrogens (tertiary/aromatic N) is 1. The van der Waals surface area contributed by atoms with Crippen molar-refractivity contribution in [3.05, 3.63) is 87.8 Å². The van der Waals surface area contributed by atoms with E-state index in [4.69, 9.17) is 23.2 Å². The Kier molecular flexibility index (Phi) is 5.71. The van der Waals surface area contributed by atoms with E-state index in [1.54, 1.807) is 48.5 Å². The van der Waals surface area contributed by atoms with Gasteiger partial charge in [-0.15, -0.1) is 0 Å². The first-order chi connectivity index (χ1) is 12.5. The van der Waals surface area contributed by atoms with Crippen molar-refractivity contribution in [1.29, 1.82) is 0 Å². The van der Waals surface area contributed by atoms with E-state index in [1.165, 1.54) is 12.3 Å². The molecule has 4 nitrogen and oxygen atoms in total. The Morgan fingerprint density at radius 1 is 1.08 bits per heavy atom. The standard InChI is InChI=1S/C19H14Cl2FN3O/c20-14-5-3-7-16(18(14)21)25-19(26)12-8-9-23-17(10-12)24-11-13-4-1-2-6-15(13)22/h1-10H,11H2,(H,23,24)(H,25,26). The molecule has 0 aliphatic carbocycles. The summed E-state index contributed by atoms with van der Waals surface area (Å²) in [6, 6.07) is 14.6. The van der Waals surface area contributed by atoms with Gasteiger partial charge in [-0.05, 0) is 30.3 Å². The van der Waals surface area contributed by atoms with Crippen LogP contribution in [-0.2, 0) is 6.54 Å². The topological polar surface area (TPSA) is 54.0 Å². The third-order valence-corrected chi connectivity index (χ3v) is 4.46. The predicted octanol–water partition coefficient (Wildman–Crippen LogP) is 5.39. The van der Waals surface area contributed by atoms with Crippen molar-refractivity contribution >= 4 is 40.6 Å². The van der Waals surface area contributed by atoms with Crippen LogP contribution in [0.1, 0.15) is 15.9 Å². The minimum Gasteiger partial charge on any atom is -0.366 e. The van der Waals surface area contributed by atoms with E-state index in [0.29, 0.717) is 27.7 Å². The van der Waals surface area contributed by atoms with Gasteiger partial charge in [0.2, 0.25) is 0 Å². The van der Waals surface area contributed by atoms with Crippen molar-refractivity contribution in [2.24, 2.45) is 0 Å². The molecule has 132 valence electrons. The van der Waals surface area contributed by atoms with Crippen LogP contribution in [0.3, 0.4) is 0 Å². The molecule has 2 N–H and O–H groups in total. The lowest BCUT2D eigenvalue weighted by atomic mass is 10.2. The Bertz CT molecular complexity index is 950. The Morgan fingerprint density at radius 2 is 1.88 bits per heavy atom. The lowest BCUT2D eigenvalue weighted by molar-refractivity contribution is 0.102. The lowest BCUT2D eigenvalue weighted by Crippen LogP contribution is -2.13. The maximum Gasteiger partial charge on any atom is 0.255 e. The van der Waals surface area contributed by atoms with Crippen LogP contribution in [0.2, 0.25) is 10.0 Å². The van der Waals surface area contributed by atoms with Crippen LogP contribution in [0, 0.1) is 5.82 Å². The SMILES string of the molecule is O=C(Nc1cccc(Cl)c1Cl)c1ccnc(NCc2ccccc2F)c1. The van der Waals surface area contributed by atoms with Gasteiger partial charge in [-0.2, -0.15) is 0 Å². The second kappa shape index (κ2) is 8.17. The van der Waals surface area contributed by atoms with Gasteiger partial charge < -0.3 is 10.6 Å². The molecule has 26 heavy (non-hydrogen) atoms. The zero-order chi connectivity index (χ0) is 18.5. The summed E-state index contributed by atoms with van der Waals surface area (Å²) in [7, 11) is 0. The summed E-state index contributed by atoms with van der Waals surface area (Å²) in [6.07, 6.45) is 1.50. The molecular weight excluding hydrogens is 376 g/mol. The van der Waals surface area contributed by atoms with E-state index >= 15 is 0 Å². The fraction of sp³-hybridized carbons (Fsp3) is 0.0526. The molecule has 0 radical (unpaired) electrons. The molecule has 2 aromatic carbocycles. The number of carbonyl (C=O) groups excluding carboxylic acids is 1. The molecule has 0 unspecified atom stereocenters. The van der Waals surface area contributed by atoms with Gasteiger partial charge in [0.1, 0.15) is 11.6 Å². The van der Waals surface area contributed by atoms with Gasteiger partial charge >= 0.3 is 0 Å². The number of anilines is 2. The van der Waals surface area contributed by atoms with Crippen molar-refractivity contribution < 1.29 is 9.18 Å². The van der Waals surface area contributed by atoms with Crippen molar-refractivity contribution in [2.75, 3.05) is 10.6 Å². The van der Waals surface area contributed by atoms with Crippen molar-refractivity contribution in [1.82, 2.24) is 4.98 Å². The number of rotatable bonds is 5. The smallest absolute Gasteiger partial charge is 0.255 e. The van der Waals surface area contributed by atoms with E-state index in [0.717, 1.165) is 0 Å². The lowest BCUT2D eigenvalue weighted by Gasteiger charge is -2.10. The van der Waals surface area contributed by atoms with Gasteiger partial charge in [0.05, 0.1) is 15.7 Å². The van der Waals surface area contributed by atoms with E-state index in [1.807, 2.05) is 0 Å². The van der Waals surface area contributed by atoms with Crippen molar-refractivity contribution in [2.45, 2.75) is 6.54 Å². The summed E-state index contributed by atoms with van der Waals surface area (Å²) in [5.41, 5.74) is 1.31. The monoisotopic (exact) mass is 389 g/mol. The van der Waals surface area contributed by atoms with Gasteiger partial charge in [0.25, 0.3) is 5.91 Å². The van der Waals surface area contributed by atoms with Gasteiger partial charge in [-0.25, -0.2) is 9.37 Å². The molecular formula is C19H14Cl2FN3O. The first-order valence-corrected chi connectivity index (χ1v) is 8.49. The van der Waals surface area contributed by atoms with Crippen LogP contribution in [0.5, 0.6) is 0 Å². The number of aromatic nitrogens is 1. The van der Waals surface area contributed by atoms with Crippen LogP contribution in [-0.4, -0.2) is 10.9 Å². The Morgan fingerprint density at radius 3 is 2.69 bits per heavy atom. The average molecular weight is 390 g/mol. The number of benzene rings is 2. The minimum atomic E-state index is -0.356. The molecule has 0 bridgehead atoms. The normalized spacial score (nSPS) is 10.4. The highest BCUT2D eigenvalue weighted by Crippen LogP contribution is 2.29. The highest BCUT2D eigenvalue weighted by Gasteiger charge is 2.11. The number of halogens is 3. The van der Waals surface area contributed by atoms with E-state index < -0.39 is 0 Å². The Hall–Kier alpha value is -2.63. The zero-order valence-corrected chi connectivity index (χ0v) is 15.0.